The SMILES string of the molecule is [C-]#[N+]c1cc(Cl)cc(C(C)(C)c2ccc(OCc3ccnc(N4CC5(CCC(N6CCC(c7ccc8c(c7)n(C)c(=O)n8C7CCC(=O)NC7=O)CC6)CC5)C4)n3)cc2)c1. The van der Waals surface area contributed by atoms with Crippen LogP contribution in [0.2, 0.25) is 5.02 Å². The summed E-state index contributed by atoms with van der Waals surface area (Å²) in [7, 11) is 1.76. The molecule has 4 aliphatic rings. The summed E-state index contributed by atoms with van der Waals surface area (Å²) in [4.78, 5) is 55.7. The van der Waals surface area contributed by atoms with E-state index >= 15 is 0 Å². The van der Waals surface area contributed by atoms with Gasteiger partial charge in [0.15, 0.2) is 5.69 Å². The molecule has 1 unspecified atom stereocenters. The molecule has 1 atom stereocenters. The van der Waals surface area contributed by atoms with Crippen molar-refractivity contribution >= 4 is 46.1 Å². The Morgan fingerprint density at radius 1 is 0.917 bits per heavy atom. The van der Waals surface area contributed by atoms with Crippen molar-refractivity contribution in [3.8, 4) is 5.75 Å². The van der Waals surface area contributed by atoms with Crippen LogP contribution in [0.5, 0.6) is 5.75 Å². The molecule has 3 saturated heterocycles. The van der Waals surface area contributed by atoms with Gasteiger partial charge in [0.25, 0.3) is 0 Å². The summed E-state index contributed by atoms with van der Waals surface area (Å²) >= 11 is 6.32. The topological polar surface area (TPSA) is 119 Å². The standard InChI is InChI=1S/C47H51ClN8O4/c1-46(2,33-24-34(48)26-36(25-33)49-3)32-6-8-38(9-7-32)60-27-35-15-20-50-44(51-35)55-28-47(29-55)18-13-37(14-19-47)54-21-16-30(17-22-54)31-5-10-39-41(23-31)53(4)45(59)56(39)40-11-12-42(57)52-43(40)58/h5-10,15,20,23-26,30,37,40H,11-14,16-19,21-22,27-29H2,1-2,4H3,(H,52,57,58). The van der Waals surface area contributed by atoms with Crippen LogP contribution in [0, 0.1) is 12.0 Å². The third kappa shape index (κ3) is 7.58. The molecule has 1 saturated carbocycles. The molecule has 5 aromatic rings. The number of aromatic nitrogens is 4. The summed E-state index contributed by atoms with van der Waals surface area (Å²) in [6.07, 6.45) is 9.43. The summed E-state index contributed by atoms with van der Waals surface area (Å²) in [6.45, 7) is 16.2. The molecule has 2 amide bonds. The lowest BCUT2D eigenvalue weighted by Crippen LogP contribution is -2.59. The molecule has 13 heteroatoms. The first-order valence-corrected chi connectivity index (χ1v) is 21.5. The van der Waals surface area contributed by atoms with Gasteiger partial charge in [-0.3, -0.25) is 24.0 Å². The number of carbonyl (C=O) groups excluding carboxylic acids is 2. The lowest BCUT2D eigenvalue weighted by molar-refractivity contribution is -0.135. The van der Waals surface area contributed by atoms with Gasteiger partial charge >= 0.3 is 5.69 Å². The van der Waals surface area contributed by atoms with Gasteiger partial charge in [-0.05, 0) is 123 Å². The van der Waals surface area contributed by atoms with Crippen LogP contribution in [0.4, 0.5) is 11.6 Å². The van der Waals surface area contributed by atoms with Gasteiger partial charge in [-0.15, -0.1) is 0 Å². The lowest BCUT2D eigenvalue weighted by atomic mass is 9.67. The maximum absolute atomic E-state index is 13.3. The van der Waals surface area contributed by atoms with Crippen LogP contribution in [0.25, 0.3) is 15.9 Å². The zero-order valence-electron chi connectivity index (χ0n) is 34.5. The predicted molar refractivity (Wildman–Crippen MR) is 232 cm³/mol. The number of nitrogens with one attached hydrogen (secondary N) is 1. The van der Waals surface area contributed by atoms with Crippen molar-refractivity contribution in [2.45, 2.75) is 95.2 Å². The molecule has 1 aliphatic carbocycles. The number of benzene rings is 3. The van der Waals surface area contributed by atoms with Crippen LogP contribution >= 0.6 is 11.6 Å². The predicted octanol–water partition coefficient (Wildman–Crippen LogP) is 7.85. The largest absolute Gasteiger partial charge is 0.487 e. The molecule has 3 aliphatic heterocycles. The maximum Gasteiger partial charge on any atom is 0.329 e. The number of hydrogen-bond donors (Lipinski definition) is 1. The molecule has 0 radical (unpaired) electrons. The number of nitrogens with zero attached hydrogens (tertiary/aromatic N) is 7. The molecule has 0 bridgehead atoms. The number of imide groups is 1. The van der Waals surface area contributed by atoms with Gasteiger partial charge in [-0.2, -0.15) is 0 Å². The molecule has 5 heterocycles. The molecule has 4 fully saturated rings. The van der Waals surface area contributed by atoms with E-state index < -0.39 is 11.9 Å². The average molecular weight is 827 g/mol. The van der Waals surface area contributed by atoms with Gasteiger partial charge in [-0.1, -0.05) is 49.7 Å². The van der Waals surface area contributed by atoms with Crippen molar-refractivity contribution in [2.24, 2.45) is 12.5 Å². The van der Waals surface area contributed by atoms with Crippen molar-refractivity contribution in [3.05, 3.63) is 122 Å². The van der Waals surface area contributed by atoms with E-state index in [1.165, 1.54) is 31.2 Å². The quantitative estimate of drug-likeness (QED) is 0.118. The Morgan fingerprint density at radius 2 is 1.67 bits per heavy atom. The van der Waals surface area contributed by atoms with Crippen molar-refractivity contribution in [2.75, 3.05) is 31.1 Å². The number of halogens is 1. The number of carbonyl (C=O) groups is 2. The highest BCUT2D eigenvalue weighted by atomic mass is 35.5. The van der Waals surface area contributed by atoms with E-state index in [2.05, 4.69) is 63.1 Å². The minimum Gasteiger partial charge on any atom is -0.487 e. The fraction of sp³-hybridized carbons (Fsp3) is 0.447. The summed E-state index contributed by atoms with van der Waals surface area (Å²) in [6, 6.07) is 21.7. The lowest BCUT2D eigenvalue weighted by Gasteiger charge is -2.54. The second-order valence-electron chi connectivity index (χ2n) is 17.9. The second-order valence-corrected chi connectivity index (χ2v) is 18.4. The fourth-order valence-corrected chi connectivity index (χ4v) is 10.4. The number of fused-ring (bicyclic) bond motifs is 1. The molecular formula is C47H51ClN8O4. The monoisotopic (exact) mass is 826 g/mol. The Balaban J connectivity index is 0.748. The number of hydrogen-bond acceptors (Lipinski definition) is 8. The van der Waals surface area contributed by atoms with E-state index in [4.69, 9.17) is 27.9 Å². The van der Waals surface area contributed by atoms with Crippen molar-refractivity contribution < 1.29 is 14.3 Å². The van der Waals surface area contributed by atoms with Gasteiger partial charge in [0, 0.05) is 54.6 Å². The van der Waals surface area contributed by atoms with E-state index in [9.17, 15) is 14.4 Å². The molecule has 3 aromatic carbocycles. The van der Waals surface area contributed by atoms with E-state index in [0.717, 1.165) is 78.6 Å². The minimum absolute atomic E-state index is 0.226. The Labute approximate surface area is 355 Å². The van der Waals surface area contributed by atoms with Crippen molar-refractivity contribution in [1.29, 1.82) is 0 Å². The first-order chi connectivity index (χ1) is 28.9. The van der Waals surface area contributed by atoms with E-state index in [1.54, 1.807) is 22.2 Å². The highest BCUT2D eigenvalue weighted by Gasteiger charge is 2.47. The van der Waals surface area contributed by atoms with Crippen LogP contribution in [0.15, 0.2) is 77.7 Å². The number of amides is 2. The minimum atomic E-state index is -0.671. The molecular weight excluding hydrogens is 776 g/mol. The first kappa shape index (κ1) is 39.9. The fourth-order valence-electron chi connectivity index (χ4n) is 10.2. The third-order valence-corrected chi connectivity index (χ3v) is 14.1. The molecule has 310 valence electrons. The molecule has 1 spiro atoms. The van der Waals surface area contributed by atoms with E-state index in [0.29, 0.717) is 41.1 Å². The molecule has 1 N–H and O–H groups in total. The number of piperidine rings is 2. The van der Waals surface area contributed by atoms with Gasteiger partial charge < -0.3 is 14.5 Å². The summed E-state index contributed by atoms with van der Waals surface area (Å²) in [5.74, 6) is 1.27. The zero-order valence-corrected chi connectivity index (χ0v) is 35.3. The Hall–Kier alpha value is -5.51. The summed E-state index contributed by atoms with van der Waals surface area (Å²) in [5, 5.41) is 2.96. The number of aryl methyl sites for hydroxylation is 1. The maximum atomic E-state index is 13.3. The average Bonchev–Trinajstić information content (AvgIpc) is 3.49. The first-order valence-electron chi connectivity index (χ1n) is 21.2. The smallest absolute Gasteiger partial charge is 0.329 e. The highest BCUT2D eigenvalue weighted by Crippen LogP contribution is 2.46. The number of ether oxygens (including phenoxy) is 1. The number of likely N-dealkylation sites (tertiary alicyclic amines) is 1. The van der Waals surface area contributed by atoms with Gasteiger partial charge in [-0.25, -0.2) is 19.6 Å². The number of anilines is 1. The Morgan fingerprint density at radius 3 is 2.38 bits per heavy atom. The van der Waals surface area contributed by atoms with Gasteiger partial charge in [0.1, 0.15) is 18.4 Å². The van der Waals surface area contributed by atoms with Crippen molar-refractivity contribution in [3.63, 3.8) is 0 Å². The van der Waals surface area contributed by atoms with Crippen LogP contribution in [0.1, 0.15) is 99.6 Å². The Kier molecular flexibility index (Phi) is 10.5. The third-order valence-electron chi connectivity index (χ3n) is 13.9. The van der Waals surface area contributed by atoms with E-state index in [1.807, 2.05) is 42.6 Å². The highest BCUT2D eigenvalue weighted by molar-refractivity contribution is 6.31. The van der Waals surface area contributed by atoms with Crippen molar-refractivity contribution in [1.82, 2.24) is 29.3 Å². The normalized spacial score (nSPS) is 20.2. The van der Waals surface area contributed by atoms with Gasteiger partial charge in [0.2, 0.25) is 17.8 Å². The molecule has 9 rings (SSSR count). The van der Waals surface area contributed by atoms with Crippen LogP contribution in [-0.2, 0) is 28.7 Å². The second kappa shape index (κ2) is 15.8. The summed E-state index contributed by atoms with van der Waals surface area (Å²) in [5.41, 5.74) is 6.06. The summed E-state index contributed by atoms with van der Waals surface area (Å²) < 4.78 is 9.36. The van der Waals surface area contributed by atoms with Crippen LogP contribution in [-0.4, -0.2) is 68.0 Å². The van der Waals surface area contributed by atoms with Gasteiger partial charge in [0.05, 0.1) is 23.3 Å². The van der Waals surface area contributed by atoms with E-state index in [-0.39, 0.29) is 23.4 Å². The zero-order chi connectivity index (χ0) is 41.8. The number of rotatable bonds is 9. The van der Waals surface area contributed by atoms with Crippen LogP contribution < -0.4 is 20.6 Å². The molecule has 60 heavy (non-hydrogen) atoms. The number of imidazole rings is 1. The molecule has 2 aromatic heterocycles. The van der Waals surface area contributed by atoms with Crippen LogP contribution in [0.3, 0.4) is 0 Å². The molecule has 12 nitrogen and oxygen atoms in total. The Bertz CT molecular complexity index is 2550.